The molecule has 1 saturated heterocycles. The number of imide groups is 1. The van der Waals surface area contributed by atoms with Crippen molar-refractivity contribution in [1.82, 2.24) is 19.8 Å². The molecule has 8 nitrogen and oxygen atoms in total. The molecular weight excluding hydrogens is 454 g/mol. The molecule has 1 fully saturated rings. The van der Waals surface area contributed by atoms with Gasteiger partial charge in [-0.25, -0.2) is 4.98 Å². The molecule has 0 radical (unpaired) electrons. The fourth-order valence-electron chi connectivity index (χ4n) is 5.49. The van der Waals surface area contributed by atoms with Crippen molar-refractivity contribution in [1.29, 1.82) is 0 Å². The van der Waals surface area contributed by atoms with Gasteiger partial charge in [0.15, 0.2) is 0 Å². The Morgan fingerprint density at radius 3 is 2.56 bits per heavy atom. The molecule has 0 aliphatic carbocycles. The average Bonchev–Trinajstić information content (AvgIpc) is 3.35. The Hall–Kier alpha value is -3.23. The van der Waals surface area contributed by atoms with Crippen LogP contribution in [0.3, 0.4) is 0 Å². The minimum Gasteiger partial charge on any atom is -0.380 e. The molecule has 3 aromatic rings. The number of ether oxygens (including phenoxy) is 1. The van der Waals surface area contributed by atoms with Crippen LogP contribution in [0.4, 0.5) is 5.69 Å². The van der Waals surface area contributed by atoms with Gasteiger partial charge in [-0.15, -0.1) is 0 Å². The molecule has 0 spiro atoms. The quantitative estimate of drug-likeness (QED) is 0.346. The number of unbranched alkanes of at least 4 members (excludes halogenated alkanes) is 1. The topological polar surface area (TPSA) is 79.7 Å². The lowest BCUT2D eigenvalue weighted by molar-refractivity contribution is 0.0651. The number of benzene rings is 2. The Morgan fingerprint density at radius 2 is 1.81 bits per heavy atom. The fraction of sp³-hybridized carbons (Fsp3) is 0.464. The van der Waals surface area contributed by atoms with E-state index in [1.54, 1.807) is 12.1 Å². The average molecular weight is 490 g/mol. The lowest BCUT2D eigenvalue weighted by Gasteiger charge is -2.38. The van der Waals surface area contributed by atoms with Gasteiger partial charge in [-0.2, -0.15) is 0 Å². The Labute approximate surface area is 212 Å². The van der Waals surface area contributed by atoms with Crippen LogP contribution in [-0.4, -0.2) is 71.7 Å². The van der Waals surface area contributed by atoms with E-state index in [-0.39, 0.29) is 11.8 Å². The van der Waals surface area contributed by atoms with Crippen molar-refractivity contribution in [3.8, 4) is 0 Å². The zero-order valence-corrected chi connectivity index (χ0v) is 21.2. The van der Waals surface area contributed by atoms with Crippen molar-refractivity contribution in [2.45, 2.75) is 45.7 Å². The van der Waals surface area contributed by atoms with Crippen molar-refractivity contribution >= 4 is 28.5 Å². The van der Waals surface area contributed by atoms with Gasteiger partial charge < -0.3 is 19.5 Å². The standard InChI is InChI=1S/C28H35N5O3/c1-3-36-18-17-31-20(2)30-26-24(31)12-8-13-25(26)32-16-14-29-19-21(32)9-6-7-15-33-27(34)22-10-4-5-11-23(22)28(33)35/h4-5,8,10-13,21,29H,3,6-7,9,14-19H2,1-2H3. The Morgan fingerprint density at radius 1 is 1.03 bits per heavy atom. The molecule has 8 heteroatoms. The number of nitrogens with one attached hydrogen (secondary N) is 1. The third kappa shape index (κ3) is 4.63. The molecule has 0 saturated carbocycles. The number of hydrogen-bond acceptors (Lipinski definition) is 6. The number of para-hydroxylation sites is 1. The van der Waals surface area contributed by atoms with E-state index in [2.05, 4.69) is 39.9 Å². The first-order valence-corrected chi connectivity index (χ1v) is 13.1. The van der Waals surface area contributed by atoms with Crippen LogP contribution in [0.1, 0.15) is 52.7 Å². The molecule has 3 heterocycles. The first-order valence-electron chi connectivity index (χ1n) is 13.1. The summed E-state index contributed by atoms with van der Waals surface area (Å²) < 4.78 is 7.83. The first-order chi connectivity index (χ1) is 17.6. The Kier molecular flexibility index (Phi) is 7.34. The zero-order valence-electron chi connectivity index (χ0n) is 21.2. The highest BCUT2D eigenvalue weighted by Crippen LogP contribution is 2.30. The molecule has 1 aromatic heterocycles. The molecule has 1 N–H and O–H groups in total. The first kappa shape index (κ1) is 24.5. The van der Waals surface area contributed by atoms with Crippen molar-refractivity contribution in [2.75, 3.05) is 44.3 Å². The number of carbonyl (C=O) groups excluding carboxylic acids is 2. The molecule has 2 aromatic carbocycles. The van der Waals surface area contributed by atoms with Gasteiger partial charge in [-0.3, -0.25) is 14.5 Å². The summed E-state index contributed by atoms with van der Waals surface area (Å²) in [7, 11) is 0. The lowest BCUT2D eigenvalue weighted by Crippen LogP contribution is -2.51. The molecule has 190 valence electrons. The maximum absolute atomic E-state index is 12.6. The molecule has 2 aliphatic rings. The van der Waals surface area contributed by atoms with E-state index in [4.69, 9.17) is 9.72 Å². The van der Waals surface area contributed by atoms with Crippen LogP contribution in [0.2, 0.25) is 0 Å². The Balaban J connectivity index is 1.25. The second-order valence-corrected chi connectivity index (χ2v) is 9.51. The van der Waals surface area contributed by atoms with Crippen LogP contribution in [0, 0.1) is 6.92 Å². The Bertz CT molecular complexity index is 1220. The predicted octanol–water partition coefficient (Wildman–Crippen LogP) is 3.63. The van der Waals surface area contributed by atoms with Crippen molar-refractivity contribution < 1.29 is 14.3 Å². The molecule has 0 bridgehead atoms. The molecule has 1 atom stereocenters. The lowest BCUT2D eigenvalue weighted by atomic mass is 10.0. The highest BCUT2D eigenvalue weighted by molar-refractivity contribution is 6.21. The van der Waals surface area contributed by atoms with Crippen molar-refractivity contribution in [3.05, 3.63) is 59.4 Å². The number of amides is 2. The van der Waals surface area contributed by atoms with E-state index in [9.17, 15) is 9.59 Å². The van der Waals surface area contributed by atoms with E-state index < -0.39 is 0 Å². The van der Waals surface area contributed by atoms with Gasteiger partial charge in [0.2, 0.25) is 0 Å². The number of hydrogen-bond donors (Lipinski definition) is 1. The third-order valence-corrected chi connectivity index (χ3v) is 7.32. The van der Waals surface area contributed by atoms with E-state index >= 15 is 0 Å². The normalized spacial score (nSPS) is 17.9. The van der Waals surface area contributed by atoms with Crippen LogP contribution in [0.5, 0.6) is 0 Å². The smallest absolute Gasteiger partial charge is 0.261 e. The number of carbonyl (C=O) groups is 2. The van der Waals surface area contributed by atoms with Crippen molar-refractivity contribution in [2.24, 2.45) is 0 Å². The van der Waals surface area contributed by atoms with Gasteiger partial charge in [-0.1, -0.05) is 18.2 Å². The summed E-state index contributed by atoms with van der Waals surface area (Å²) >= 11 is 0. The summed E-state index contributed by atoms with van der Waals surface area (Å²) in [4.78, 5) is 34.1. The van der Waals surface area contributed by atoms with Gasteiger partial charge in [0, 0.05) is 45.4 Å². The number of aryl methyl sites for hydroxylation is 1. The summed E-state index contributed by atoms with van der Waals surface area (Å²) in [6, 6.07) is 13.9. The number of imidazole rings is 1. The second-order valence-electron chi connectivity index (χ2n) is 9.51. The fourth-order valence-corrected chi connectivity index (χ4v) is 5.49. The van der Waals surface area contributed by atoms with Crippen LogP contribution in [0.15, 0.2) is 42.5 Å². The van der Waals surface area contributed by atoms with E-state index in [1.807, 2.05) is 19.1 Å². The number of rotatable bonds is 10. The zero-order chi connectivity index (χ0) is 25.1. The highest BCUT2D eigenvalue weighted by atomic mass is 16.5. The number of anilines is 1. The maximum atomic E-state index is 12.6. The molecule has 2 aliphatic heterocycles. The molecule has 36 heavy (non-hydrogen) atoms. The third-order valence-electron chi connectivity index (χ3n) is 7.32. The van der Waals surface area contributed by atoms with E-state index in [0.717, 1.165) is 62.3 Å². The van der Waals surface area contributed by atoms with Gasteiger partial charge in [0.25, 0.3) is 11.8 Å². The summed E-state index contributed by atoms with van der Waals surface area (Å²) in [6.07, 6.45) is 2.72. The SMILES string of the molecule is CCOCCn1c(C)nc2c(N3CCNCC3CCCCN3C(=O)c4ccccc4C3=O)cccc21. The van der Waals surface area contributed by atoms with E-state index in [1.165, 1.54) is 10.6 Å². The van der Waals surface area contributed by atoms with Gasteiger partial charge in [-0.05, 0) is 57.4 Å². The number of fused-ring (bicyclic) bond motifs is 2. The number of nitrogens with zero attached hydrogens (tertiary/aromatic N) is 4. The summed E-state index contributed by atoms with van der Waals surface area (Å²) in [6.45, 7) is 9.49. The van der Waals surface area contributed by atoms with Crippen LogP contribution in [0.25, 0.3) is 11.0 Å². The monoisotopic (exact) mass is 489 g/mol. The highest BCUT2D eigenvalue weighted by Gasteiger charge is 2.34. The molecule has 1 unspecified atom stereocenters. The minimum absolute atomic E-state index is 0.168. The van der Waals surface area contributed by atoms with Gasteiger partial charge in [0.05, 0.1) is 28.9 Å². The molecule has 2 amide bonds. The number of aromatic nitrogens is 2. The molecule has 5 rings (SSSR count). The van der Waals surface area contributed by atoms with Crippen LogP contribution < -0.4 is 10.2 Å². The summed E-state index contributed by atoms with van der Waals surface area (Å²) in [5.41, 5.74) is 4.41. The minimum atomic E-state index is -0.168. The van der Waals surface area contributed by atoms with Crippen LogP contribution >= 0.6 is 0 Å². The van der Waals surface area contributed by atoms with Crippen molar-refractivity contribution in [3.63, 3.8) is 0 Å². The molecular formula is C28H35N5O3. The number of piperazine rings is 1. The van der Waals surface area contributed by atoms with Crippen LogP contribution in [-0.2, 0) is 11.3 Å². The summed E-state index contributed by atoms with van der Waals surface area (Å²) in [5, 5.41) is 3.54. The van der Waals surface area contributed by atoms with E-state index in [0.29, 0.717) is 36.9 Å². The van der Waals surface area contributed by atoms with Gasteiger partial charge >= 0.3 is 0 Å². The summed E-state index contributed by atoms with van der Waals surface area (Å²) in [5.74, 6) is 0.668. The van der Waals surface area contributed by atoms with Gasteiger partial charge in [0.1, 0.15) is 11.3 Å². The second kappa shape index (κ2) is 10.8. The largest absolute Gasteiger partial charge is 0.380 e. The predicted molar refractivity (Wildman–Crippen MR) is 141 cm³/mol. The maximum Gasteiger partial charge on any atom is 0.261 e.